The summed E-state index contributed by atoms with van der Waals surface area (Å²) in [6.45, 7) is 3.54. The molecule has 9 heteroatoms. The molecule has 154 valence electrons. The van der Waals surface area contributed by atoms with Crippen LogP contribution in [0.2, 0.25) is 5.02 Å². The highest BCUT2D eigenvalue weighted by molar-refractivity contribution is 6.30. The van der Waals surface area contributed by atoms with Gasteiger partial charge in [0.1, 0.15) is 23.7 Å². The summed E-state index contributed by atoms with van der Waals surface area (Å²) in [7, 11) is 0. The molecule has 6 nitrogen and oxygen atoms in total. The van der Waals surface area contributed by atoms with Crippen LogP contribution in [-0.2, 0) is 0 Å². The molecule has 0 radical (unpaired) electrons. The van der Waals surface area contributed by atoms with Crippen molar-refractivity contribution in [3.05, 3.63) is 108 Å². The van der Waals surface area contributed by atoms with E-state index in [0.29, 0.717) is 27.9 Å². The fourth-order valence-electron chi connectivity index (χ4n) is 3.46. The molecule has 2 unspecified atom stereocenters. The van der Waals surface area contributed by atoms with Gasteiger partial charge in [0.05, 0.1) is 5.69 Å². The molecule has 2 atom stereocenters. The van der Waals surface area contributed by atoms with Gasteiger partial charge >= 0.3 is 0 Å². The number of halogens is 3. The molecular weight excluding hydrogens is 416 g/mol. The minimum Gasteiger partial charge on any atom is -0.283 e. The first-order valence-corrected chi connectivity index (χ1v) is 9.24. The highest BCUT2D eigenvalue weighted by Crippen LogP contribution is 2.36. The maximum atomic E-state index is 14.2. The average molecular weight is 432 g/mol. The molecule has 1 aromatic heterocycles. The third kappa shape index (κ3) is 4.04. The molecule has 1 heterocycles. The van der Waals surface area contributed by atoms with Crippen LogP contribution in [0.3, 0.4) is 0 Å². The van der Waals surface area contributed by atoms with Crippen LogP contribution < -0.4 is 5.56 Å². The van der Waals surface area contributed by atoms with Crippen molar-refractivity contribution >= 4 is 11.6 Å². The molecule has 3 aromatic rings. The highest BCUT2D eigenvalue weighted by atomic mass is 35.5. The van der Waals surface area contributed by atoms with E-state index < -0.39 is 23.7 Å². The summed E-state index contributed by atoms with van der Waals surface area (Å²) in [5.41, 5.74) is 1.49. The van der Waals surface area contributed by atoms with Gasteiger partial charge < -0.3 is 0 Å². The van der Waals surface area contributed by atoms with Gasteiger partial charge in [-0.15, -0.1) is 0 Å². The molecule has 0 N–H and O–H groups in total. The summed E-state index contributed by atoms with van der Waals surface area (Å²) >= 11 is 6.05. The molecule has 0 spiro atoms. The van der Waals surface area contributed by atoms with Crippen molar-refractivity contribution in [2.45, 2.75) is 25.9 Å². The Morgan fingerprint density at radius 3 is 2.13 bits per heavy atom. The van der Waals surface area contributed by atoms with Crippen LogP contribution in [0.5, 0.6) is 0 Å². The van der Waals surface area contributed by atoms with Crippen molar-refractivity contribution in [1.82, 2.24) is 4.57 Å². The highest BCUT2D eigenvalue weighted by Gasteiger charge is 2.30. The summed E-state index contributed by atoms with van der Waals surface area (Å²) < 4.78 is 28.7. The molecule has 0 aliphatic heterocycles. The minimum atomic E-state index is -1.54. The van der Waals surface area contributed by atoms with Crippen molar-refractivity contribution in [3.63, 3.8) is 0 Å². The quantitative estimate of drug-likeness (QED) is 0.469. The van der Waals surface area contributed by atoms with E-state index >= 15 is 0 Å². The lowest BCUT2D eigenvalue weighted by Crippen LogP contribution is -2.20. The Labute approximate surface area is 175 Å². The second-order valence-electron chi connectivity index (χ2n) is 6.83. The van der Waals surface area contributed by atoms with Gasteiger partial charge in [-0.3, -0.25) is 9.36 Å². The van der Waals surface area contributed by atoms with Crippen molar-refractivity contribution in [1.29, 1.82) is 0 Å². The topological polar surface area (TPSA) is 80.9 Å². The number of aromatic nitrogens is 1. The molecule has 0 saturated heterocycles. The maximum absolute atomic E-state index is 14.2. The third-order valence-electron chi connectivity index (χ3n) is 4.78. The van der Waals surface area contributed by atoms with Gasteiger partial charge in [0.25, 0.3) is 5.56 Å². The van der Waals surface area contributed by atoms with Gasteiger partial charge in [0, 0.05) is 28.9 Å². The number of aryl methyl sites for hydroxylation is 2. The van der Waals surface area contributed by atoms with Gasteiger partial charge in [-0.05, 0) is 54.8 Å². The molecule has 0 aliphatic carbocycles. The first kappa shape index (κ1) is 21.4. The summed E-state index contributed by atoms with van der Waals surface area (Å²) in [6, 6.07) is 5.53. The lowest BCUT2D eigenvalue weighted by Gasteiger charge is -2.19. The van der Waals surface area contributed by atoms with Crippen LogP contribution in [0, 0.1) is 35.3 Å². The number of nitrogens with zero attached hydrogens (tertiary/aromatic N) is 3. The molecule has 0 aliphatic rings. The molecule has 0 amide bonds. The van der Waals surface area contributed by atoms with E-state index in [0.717, 1.165) is 12.1 Å². The van der Waals surface area contributed by atoms with Crippen molar-refractivity contribution in [2.24, 2.45) is 10.4 Å². The van der Waals surface area contributed by atoms with Gasteiger partial charge in [0.15, 0.2) is 0 Å². The predicted octanol–water partition coefficient (Wildman–Crippen LogP) is 5.70. The van der Waals surface area contributed by atoms with E-state index in [1.807, 2.05) is 0 Å². The Hall–Kier alpha value is -3.26. The van der Waals surface area contributed by atoms with Gasteiger partial charge in [-0.2, -0.15) is 9.81 Å². The molecule has 0 fully saturated rings. The van der Waals surface area contributed by atoms with E-state index in [9.17, 15) is 23.4 Å². The van der Waals surface area contributed by atoms with Crippen LogP contribution in [0.1, 0.15) is 34.3 Å². The fraction of sp³-hybridized carbons (Fsp3) is 0.190. The number of benzene rings is 2. The standard InChI is InChI=1S/C21H16ClF2N3O3/c1-11-7-14(22)8-12(2)21(11)27-10-13(3-6-18(27)28)19(25-29)20(26-30)16-5-4-15(23)9-17(16)24/h3-10,19-20H,1-2H3. The van der Waals surface area contributed by atoms with Gasteiger partial charge in [-0.1, -0.05) is 28.0 Å². The second kappa shape index (κ2) is 8.62. The van der Waals surface area contributed by atoms with E-state index in [1.165, 1.54) is 22.9 Å². The summed E-state index contributed by atoms with van der Waals surface area (Å²) in [4.78, 5) is 35.6. The maximum Gasteiger partial charge on any atom is 0.255 e. The Kier molecular flexibility index (Phi) is 6.17. The monoisotopic (exact) mass is 431 g/mol. The number of hydrogen-bond donors (Lipinski definition) is 0. The molecule has 2 aromatic carbocycles. The average Bonchev–Trinajstić information content (AvgIpc) is 2.67. The lowest BCUT2D eigenvalue weighted by molar-refractivity contribution is 0.514. The van der Waals surface area contributed by atoms with E-state index in [-0.39, 0.29) is 16.7 Å². The summed E-state index contributed by atoms with van der Waals surface area (Å²) in [5.74, 6) is -1.86. The third-order valence-corrected chi connectivity index (χ3v) is 5.00. The Balaban J connectivity index is 2.15. The van der Waals surface area contributed by atoms with Crippen LogP contribution in [0.15, 0.2) is 63.8 Å². The van der Waals surface area contributed by atoms with Crippen LogP contribution >= 0.6 is 11.6 Å². The first-order chi connectivity index (χ1) is 14.3. The van der Waals surface area contributed by atoms with Crippen molar-refractivity contribution in [2.75, 3.05) is 0 Å². The lowest BCUT2D eigenvalue weighted by atomic mass is 9.95. The fourth-order valence-corrected chi connectivity index (χ4v) is 3.79. The zero-order valence-corrected chi connectivity index (χ0v) is 16.7. The molecule has 30 heavy (non-hydrogen) atoms. The first-order valence-electron chi connectivity index (χ1n) is 8.86. The molecule has 3 rings (SSSR count). The summed E-state index contributed by atoms with van der Waals surface area (Å²) in [6.07, 6.45) is 1.36. The predicted molar refractivity (Wildman–Crippen MR) is 110 cm³/mol. The van der Waals surface area contributed by atoms with Crippen LogP contribution in [0.4, 0.5) is 8.78 Å². The largest absolute Gasteiger partial charge is 0.283 e. The molecule has 0 bridgehead atoms. The van der Waals surface area contributed by atoms with E-state index in [4.69, 9.17) is 11.6 Å². The smallest absolute Gasteiger partial charge is 0.255 e. The Morgan fingerprint density at radius 2 is 1.57 bits per heavy atom. The minimum absolute atomic E-state index is 0.173. The van der Waals surface area contributed by atoms with E-state index in [2.05, 4.69) is 10.4 Å². The normalized spacial score (nSPS) is 13.0. The van der Waals surface area contributed by atoms with Crippen molar-refractivity contribution < 1.29 is 8.78 Å². The summed E-state index contributed by atoms with van der Waals surface area (Å²) in [5, 5.41) is 6.31. The van der Waals surface area contributed by atoms with Gasteiger partial charge in [-0.25, -0.2) is 8.78 Å². The Morgan fingerprint density at radius 1 is 0.933 bits per heavy atom. The van der Waals surface area contributed by atoms with E-state index in [1.54, 1.807) is 26.0 Å². The number of pyridine rings is 1. The zero-order valence-electron chi connectivity index (χ0n) is 16.0. The van der Waals surface area contributed by atoms with Gasteiger partial charge in [0.2, 0.25) is 0 Å². The van der Waals surface area contributed by atoms with Crippen molar-refractivity contribution in [3.8, 4) is 5.69 Å². The van der Waals surface area contributed by atoms with Crippen LogP contribution in [0.25, 0.3) is 5.69 Å². The number of nitroso groups, excluding NO2 is 2. The van der Waals surface area contributed by atoms with Crippen LogP contribution in [-0.4, -0.2) is 4.57 Å². The second-order valence-corrected chi connectivity index (χ2v) is 7.26. The zero-order chi connectivity index (χ0) is 22.0. The molecule has 0 saturated carbocycles. The Bertz CT molecular complexity index is 1170. The number of rotatable bonds is 6. The SMILES string of the molecule is Cc1cc(Cl)cc(C)c1-n1cc(C(N=O)C(N=O)c2ccc(F)cc2F)ccc1=O. The molecular formula is C21H16ClF2N3O3. The number of hydrogen-bond acceptors (Lipinski definition) is 5.